The van der Waals surface area contributed by atoms with Gasteiger partial charge in [-0.2, -0.15) is 4.98 Å². The molecular weight excluding hydrogens is 527 g/mol. The van der Waals surface area contributed by atoms with Gasteiger partial charge in [-0.15, -0.1) is 0 Å². The summed E-state index contributed by atoms with van der Waals surface area (Å²) in [5, 5.41) is 9.44. The lowest BCUT2D eigenvalue weighted by Gasteiger charge is -2.33. The SMILES string of the molecule is [C-]#[N+]c1ccc(COc2cccc(N3CCC(Cc4nc5ccc(C(=O)O)c(F)c5n4C[C@@H]4CCO4)CC3)n2)nc1. The molecule has 2 aliphatic heterocycles. The first-order valence-electron chi connectivity index (χ1n) is 13.7. The molecule has 2 aliphatic rings. The van der Waals surface area contributed by atoms with Crippen molar-refractivity contribution in [3.8, 4) is 5.88 Å². The van der Waals surface area contributed by atoms with Gasteiger partial charge in [0.1, 0.15) is 23.8 Å². The highest BCUT2D eigenvalue weighted by molar-refractivity contribution is 5.93. The number of anilines is 1. The van der Waals surface area contributed by atoms with E-state index in [-0.39, 0.29) is 23.8 Å². The molecule has 3 aromatic heterocycles. The monoisotopic (exact) mass is 556 g/mol. The van der Waals surface area contributed by atoms with Gasteiger partial charge in [0.05, 0.1) is 36.0 Å². The molecular formula is C30H29FN6O4. The molecule has 2 fully saturated rings. The van der Waals surface area contributed by atoms with E-state index in [1.54, 1.807) is 18.2 Å². The molecule has 11 heteroatoms. The number of pyridine rings is 2. The normalized spacial score (nSPS) is 17.3. The number of benzene rings is 1. The van der Waals surface area contributed by atoms with E-state index >= 15 is 4.39 Å². The second-order valence-electron chi connectivity index (χ2n) is 10.4. The zero-order valence-corrected chi connectivity index (χ0v) is 22.4. The second kappa shape index (κ2) is 11.5. The predicted molar refractivity (Wildman–Crippen MR) is 149 cm³/mol. The smallest absolute Gasteiger partial charge is 0.338 e. The Bertz CT molecular complexity index is 1600. The molecule has 6 rings (SSSR count). The van der Waals surface area contributed by atoms with Gasteiger partial charge in [0.2, 0.25) is 11.6 Å². The van der Waals surface area contributed by atoms with Crippen molar-refractivity contribution in [2.24, 2.45) is 5.92 Å². The average molecular weight is 557 g/mol. The number of rotatable bonds is 9. The van der Waals surface area contributed by atoms with E-state index < -0.39 is 11.8 Å². The van der Waals surface area contributed by atoms with E-state index in [2.05, 4.69) is 19.7 Å². The highest BCUT2D eigenvalue weighted by Gasteiger charge is 2.28. The summed E-state index contributed by atoms with van der Waals surface area (Å²) in [6.07, 6.45) is 4.90. The number of fused-ring (bicyclic) bond motifs is 1. The van der Waals surface area contributed by atoms with Gasteiger partial charge in [0.15, 0.2) is 5.82 Å². The number of hydrogen-bond donors (Lipinski definition) is 1. The van der Waals surface area contributed by atoms with Crippen molar-refractivity contribution in [1.82, 2.24) is 19.5 Å². The largest absolute Gasteiger partial charge is 0.478 e. The molecule has 5 heterocycles. The summed E-state index contributed by atoms with van der Waals surface area (Å²) < 4.78 is 28.6. The van der Waals surface area contributed by atoms with E-state index in [9.17, 15) is 9.90 Å². The topological polar surface area (TPSA) is 107 Å². The van der Waals surface area contributed by atoms with Crippen molar-refractivity contribution < 1.29 is 23.8 Å². The first kappa shape index (κ1) is 26.7. The molecule has 1 atom stereocenters. The maximum atomic E-state index is 15.3. The van der Waals surface area contributed by atoms with E-state index in [0.29, 0.717) is 42.6 Å². The summed E-state index contributed by atoms with van der Waals surface area (Å²) >= 11 is 0. The Morgan fingerprint density at radius 3 is 2.66 bits per heavy atom. The number of piperidine rings is 1. The summed E-state index contributed by atoms with van der Waals surface area (Å²) in [4.78, 5) is 30.8. The van der Waals surface area contributed by atoms with Gasteiger partial charge in [-0.3, -0.25) is 4.98 Å². The Hall–Kier alpha value is -4.56. The minimum absolute atomic E-state index is 0.0182. The van der Waals surface area contributed by atoms with Crippen molar-refractivity contribution in [2.45, 2.75) is 44.9 Å². The molecule has 41 heavy (non-hydrogen) atoms. The summed E-state index contributed by atoms with van der Waals surface area (Å²) in [6, 6.07) is 12.1. The molecule has 0 amide bonds. The predicted octanol–water partition coefficient (Wildman–Crippen LogP) is 5.04. The zero-order chi connectivity index (χ0) is 28.3. The highest BCUT2D eigenvalue weighted by atomic mass is 19.1. The van der Waals surface area contributed by atoms with E-state index in [1.807, 2.05) is 22.8 Å². The lowest BCUT2D eigenvalue weighted by atomic mass is 9.93. The number of ether oxygens (including phenoxy) is 2. The molecule has 2 saturated heterocycles. The fourth-order valence-electron chi connectivity index (χ4n) is 5.38. The lowest BCUT2D eigenvalue weighted by molar-refractivity contribution is -0.0591. The van der Waals surface area contributed by atoms with Crippen molar-refractivity contribution in [3.05, 3.63) is 83.0 Å². The quantitative estimate of drug-likeness (QED) is 0.286. The maximum absolute atomic E-state index is 15.3. The molecule has 0 bridgehead atoms. The number of nitrogens with zero attached hydrogens (tertiary/aromatic N) is 6. The van der Waals surface area contributed by atoms with Gasteiger partial charge in [-0.1, -0.05) is 12.1 Å². The molecule has 0 radical (unpaired) electrons. The van der Waals surface area contributed by atoms with Gasteiger partial charge < -0.3 is 24.0 Å². The number of aromatic carboxylic acids is 1. The summed E-state index contributed by atoms with van der Waals surface area (Å²) in [5.74, 6) is 0.426. The van der Waals surface area contributed by atoms with Crippen LogP contribution in [-0.2, 0) is 24.3 Å². The van der Waals surface area contributed by atoms with Crippen molar-refractivity contribution in [1.29, 1.82) is 0 Å². The molecule has 1 aromatic carbocycles. The number of carbonyl (C=O) groups is 1. The van der Waals surface area contributed by atoms with Gasteiger partial charge in [0.25, 0.3) is 0 Å². The molecule has 210 valence electrons. The third-order valence-corrected chi connectivity index (χ3v) is 7.76. The zero-order valence-electron chi connectivity index (χ0n) is 22.4. The molecule has 0 saturated carbocycles. The Morgan fingerprint density at radius 1 is 1.15 bits per heavy atom. The number of carboxylic acids is 1. The van der Waals surface area contributed by atoms with Crippen LogP contribution in [-0.4, -0.2) is 56.4 Å². The molecule has 0 unspecified atom stereocenters. The van der Waals surface area contributed by atoms with Crippen molar-refractivity contribution >= 4 is 28.5 Å². The summed E-state index contributed by atoms with van der Waals surface area (Å²) in [7, 11) is 0. The third-order valence-electron chi connectivity index (χ3n) is 7.76. The van der Waals surface area contributed by atoms with Crippen LogP contribution in [0.1, 0.15) is 41.1 Å². The Balaban J connectivity index is 1.12. The van der Waals surface area contributed by atoms with Crippen molar-refractivity contribution in [2.75, 3.05) is 24.6 Å². The molecule has 4 aromatic rings. The van der Waals surface area contributed by atoms with E-state index in [1.165, 1.54) is 12.3 Å². The number of halogens is 1. The van der Waals surface area contributed by atoms with Crippen LogP contribution in [0.5, 0.6) is 5.88 Å². The van der Waals surface area contributed by atoms with Crippen molar-refractivity contribution in [3.63, 3.8) is 0 Å². The van der Waals surface area contributed by atoms with Crippen LogP contribution in [0.2, 0.25) is 0 Å². The third kappa shape index (κ3) is 5.69. The first-order valence-corrected chi connectivity index (χ1v) is 13.7. The van der Waals surface area contributed by atoms with Gasteiger partial charge in [-0.05, 0) is 49.4 Å². The van der Waals surface area contributed by atoms with E-state index in [4.69, 9.17) is 21.0 Å². The summed E-state index contributed by atoms with van der Waals surface area (Å²) in [6.45, 7) is 10.1. The highest BCUT2D eigenvalue weighted by Crippen LogP contribution is 2.30. The van der Waals surface area contributed by atoms with Gasteiger partial charge in [0, 0.05) is 38.4 Å². The number of imidazole rings is 1. The van der Waals surface area contributed by atoms with Crippen LogP contribution in [0, 0.1) is 18.3 Å². The fourth-order valence-corrected chi connectivity index (χ4v) is 5.38. The molecule has 0 spiro atoms. The van der Waals surface area contributed by atoms with Crippen LogP contribution in [0.15, 0.2) is 48.7 Å². The fraction of sp³-hybridized carbons (Fsp3) is 0.367. The minimum Gasteiger partial charge on any atom is -0.478 e. The Labute approximate surface area is 236 Å². The molecule has 1 N–H and O–H groups in total. The van der Waals surface area contributed by atoms with Crippen LogP contribution in [0.25, 0.3) is 15.9 Å². The maximum Gasteiger partial charge on any atom is 0.338 e. The first-order chi connectivity index (χ1) is 20.0. The molecule has 10 nitrogen and oxygen atoms in total. The minimum atomic E-state index is -1.29. The van der Waals surface area contributed by atoms with Crippen LogP contribution >= 0.6 is 0 Å². The molecule has 0 aliphatic carbocycles. The average Bonchev–Trinajstić information content (AvgIpc) is 3.32. The standard InChI is InChI=1S/C30H29FN6O4/c1-32-20-5-6-21(33-16-20)18-41-27-4-2-3-25(35-27)36-12-9-19(10-13-36)15-26-34-24-8-7-23(30(38)39)28(31)29(24)37(26)17-22-11-14-40-22/h2-8,16,19,22H,9-15,17-18H2,(H,38,39)/t22-/m0/s1. The van der Waals surface area contributed by atoms with E-state index in [0.717, 1.165) is 49.7 Å². The Kier molecular flexibility index (Phi) is 7.48. The number of aromatic nitrogens is 4. The van der Waals surface area contributed by atoms with Crippen LogP contribution < -0.4 is 9.64 Å². The van der Waals surface area contributed by atoms with Gasteiger partial charge in [-0.25, -0.2) is 19.0 Å². The second-order valence-corrected chi connectivity index (χ2v) is 10.4. The Morgan fingerprint density at radius 2 is 1.98 bits per heavy atom. The summed E-state index contributed by atoms with van der Waals surface area (Å²) in [5.41, 5.74) is 1.57. The van der Waals surface area contributed by atoms with Crippen LogP contribution in [0.3, 0.4) is 0 Å². The number of hydrogen-bond acceptors (Lipinski definition) is 7. The lowest BCUT2D eigenvalue weighted by Crippen LogP contribution is -2.35. The van der Waals surface area contributed by atoms with Crippen LogP contribution in [0.4, 0.5) is 15.9 Å². The number of carboxylic acid groups (broad SMARTS) is 1. The van der Waals surface area contributed by atoms with Gasteiger partial charge >= 0.3 is 5.97 Å².